The van der Waals surface area contributed by atoms with Gasteiger partial charge in [0, 0.05) is 6.61 Å². The molecule has 0 aromatic heterocycles. The number of hydrogen-bond acceptors (Lipinski definition) is 4. The molecule has 0 heterocycles. The molecule has 0 unspecified atom stereocenters. The van der Waals surface area contributed by atoms with Crippen LogP contribution < -0.4 is 0 Å². The number of unbranched alkanes of at least 4 members (excludes halogenated alkanes) is 1. The Morgan fingerprint density at radius 3 is 2.45 bits per heavy atom. The maximum Gasteiger partial charge on any atom is 0.633 e. The lowest BCUT2D eigenvalue weighted by Crippen LogP contribution is -2.19. The van der Waals surface area contributed by atoms with Crippen molar-refractivity contribution in [2.24, 2.45) is 0 Å². The highest BCUT2D eigenvalue weighted by Gasteiger charge is 2.06. The van der Waals surface area contributed by atoms with Gasteiger partial charge in [0.15, 0.2) is 0 Å². The largest absolute Gasteiger partial charge is 0.633 e. The average molecular weight is 162 g/mol. The first-order valence-corrected chi connectivity index (χ1v) is 3.83. The van der Waals surface area contributed by atoms with Crippen molar-refractivity contribution in [3.05, 3.63) is 0 Å². The minimum absolute atomic E-state index is 0.224. The highest BCUT2D eigenvalue weighted by atomic mass is 16.6. The van der Waals surface area contributed by atoms with Gasteiger partial charge in [-0.2, -0.15) is 0 Å². The standard InChI is InChI=1S/C6H15BO4/c1-2-3-4-10-5-6-11-7(8)9/h8-9H,2-6H2,1H3. The molecule has 66 valence electrons. The second-order valence-corrected chi connectivity index (χ2v) is 2.16. The molecule has 0 rings (SSSR count). The van der Waals surface area contributed by atoms with Gasteiger partial charge in [0.05, 0.1) is 13.2 Å². The van der Waals surface area contributed by atoms with Crippen LogP contribution in [-0.2, 0) is 9.39 Å². The third kappa shape index (κ3) is 9.90. The maximum atomic E-state index is 8.23. The SMILES string of the molecule is CCCCOCCOB(O)O. The molecule has 0 saturated carbocycles. The van der Waals surface area contributed by atoms with E-state index in [1.807, 2.05) is 0 Å². The molecular formula is C6H15BO4. The molecule has 4 nitrogen and oxygen atoms in total. The van der Waals surface area contributed by atoms with Crippen molar-refractivity contribution in [1.82, 2.24) is 0 Å². The van der Waals surface area contributed by atoms with E-state index in [1.165, 1.54) is 0 Å². The Morgan fingerprint density at radius 1 is 1.18 bits per heavy atom. The van der Waals surface area contributed by atoms with Crippen LogP contribution >= 0.6 is 0 Å². The fourth-order valence-electron chi connectivity index (χ4n) is 0.561. The van der Waals surface area contributed by atoms with Gasteiger partial charge in [-0.1, -0.05) is 13.3 Å². The molecule has 2 N–H and O–H groups in total. The van der Waals surface area contributed by atoms with E-state index in [4.69, 9.17) is 14.8 Å². The van der Waals surface area contributed by atoms with Crippen LogP contribution in [0.3, 0.4) is 0 Å². The topological polar surface area (TPSA) is 58.9 Å². The van der Waals surface area contributed by atoms with Gasteiger partial charge in [-0.3, -0.25) is 0 Å². The summed E-state index contributed by atoms with van der Waals surface area (Å²) < 4.78 is 9.49. The van der Waals surface area contributed by atoms with Gasteiger partial charge in [-0.25, -0.2) is 0 Å². The fraction of sp³-hybridized carbons (Fsp3) is 1.00. The molecule has 0 amide bonds. The second-order valence-electron chi connectivity index (χ2n) is 2.16. The van der Waals surface area contributed by atoms with E-state index in [2.05, 4.69) is 11.6 Å². The van der Waals surface area contributed by atoms with Crippen molar-refractivity contribution in [3.63, 3.8) is 0 Å². The summed E-state index contributed by atoms with van der Waals surface area (Å²) >= 11 is 0. The fourth-order valence-corrected chi connectivity index (χ4v) is 0.561. The minimum atomic E-state index is -1.68. The third-order valence-corrected chi connectivity index (χ3v) is 1.14. The molecule has 5 heteroatoms. The zero-order valence-corrected chi connectivity index (χ0v) is 6.82. The number of hydrogen-bond donors (Lipinski definition) is 2. The second kappa shape index (κ2) is 8.01. The molecule has 0 fully saturated rings. The first-order chi connectivity index (χ1) is 5.27. The van der Waals surface area contributed by atoms with Crippen molar-refractivity contribution < 1.29 is 19.4 Å². The Labute approximate surface area is 67.3 Å². The molecule has 0 aromatic carbocycles. The van der Waals surface area contributed by atoms with Gasteiger partial charge in [-0.05, 0) is 6.42 Å². The van der Waals surface area contributed by atoms with Gasteiger partial charge in [0.2, 0.25) is 0 Å². The van der Waals surface area contributed by atoms with Crippen LogP contribution in [0.5, 0.6) is 0 Å². The van der Waals surface area contributed by atoms with Crippen LogP contribution in [-0.4, -0.2) is 37.2 Å². The summed E-state index contributed by atoms with van der Waals surface area (Å²) in [6.07, 6.45) is 2.13. The molecule has 0 aliphatic carbocycles. The van der Waals surface area contributed by atoms with E-state index in [1.54, 1.807) is 0 Å². The minimum Gasteiger partial charge on any atom is -0.402 e. The summed E-state index contributed by atoms with van der Waals surface area (Å²) in [6.45, 7) is 3.43. The van der Waals surface area contributed by atoms with Crippen molar-refractivity contribution in [2.75, 3.05) is 19.8 Å². The average Bonchev–Trinajstić information content (AvgIpc) is 1.96. The van der Waals surface area contributed by atoms with Crippen molar-refractivity contribution >= 4 is 7.32 Å². The Balaban J connectivity index is 2.80. The predicted molar refractivity (Wildman–Crippen MR) is 41.9 cm³/mol. The van der Waals surface area contributed by atoms with E-state index in [-0.39, 0.29) is 6.61 Å². The van der Waals surface area contributed by atoms with Gasteiger partial charge in [0.25, 0.3) is 0 Å². The summed E-state index contributed by atoms with van der Waals surface area (Å²) in [4.78, 5) is 0. The monoisotopic (exact) mass is 162 g/mol. The normalized spacial score (nSPS) is 10.1. The molecule has 0 radical (unpaired) electrons. The molecule has 11 heavy (non-hydrogen) atoms. The Morgan fingerprint density at radius 2 is 1.91 bits per heavy atom. The van der Waals surface area contributed by atoms with E-state index in [0.717, 1.165) is 12.8 Å². The van der Waals surface area contributed by atoms with Gasteiger partial charge in [0.1, 0.15) is 0 Å². The lowest BCUT2D eigenvalue weighted by atomic mass is 10.3. The van der Waals surface area contributed by atoms with Crippen LogP contribution in [0.15, 0.2) is 0 Å². The van der Waals surface area contributed by atoms with Crippen LogP contribution in [0, 0.1) is 0 Å². The summed E-state index contributed by atoms with van der Waals surface area (Å²) in [5, 5.41) is 16.5. The smallest absolute Gasteiger partial charge is 0.402 e. The summed E-state index contributed by atoms with van der Waals surface area (Å²) in [6, 6.07) is 0. The Kier molecular flexibility index (Phi) is 7.94. The van der Waals surface area contributed by atoms with E-state index < -0.39 is 7.32 Å². The summed E-state index contributed by atoms with van der Waals surface area (Å²) in [5.41, 5.74) is 0. The van der Waals surface area contributed by atoms with Gasteiger partial charge in [-0.15, -0.1) is 0 Å². The van der Waals surface area contributed by atoms with Crippen LogP contribution in [0.1, 0.15) is 19.8 Å². The molecule has 0 aromatic rings. The lowest BCUT2D eigenvalue weighted by molar-refractivity contribution is 0.0779. The van der Waals surface area contributed by atoms with Crippen LogP contribution in [0.4, 0.5) is 0 Å². The van der Waals surface area contributed by atoms with Crippen LogP contribution in [0.2, 0.25) is 0 Å². The quantitative estimate of drug-likeness (QED) is 0.401. The lowest BCUT2D eigenvalue weighted by Gasteiger charge is -2.03. The molecule has 0 bridgehead atoms. The zero-order valence-electron chi connectivity index (χ0n) is 6.82. The van der Waals surface area contributed by atoms with Crippen molar-refractivity contribution in [3.8, 4) is 0 Å². The molecule has 0 aliphatic heterocycles. The molecule has 0 spiro atoms. The van der Waals surface area contributed by atoms with E-state index >= 15 is 0 Å². The molecular weight excluding hydrogens is 147 g/mol. The van der Waals surface area contributed by atoms with Gasteiger partial charge >= 0.3 is 7.32 Å². The summed E-state index contributed by atoms with van der Waals surface area (Å²) in [5.74, 6) is 0. The number of ether oxygens (including phenoxy) is 1. The maximum absolute atomic E-state index is 8.23. The van der Waals surface area contributed by atoms with E-state index in [0.29, 0.717) is 13.2 Å². The molecule has 0 aliphatic rings. The first kappa shape index (κ1) is 10.9. The Hall–Kier alpha value is -0.0951. The number of rotatable bonds is 7. The third-order valence-electron chi connectivity index (χ3n) is 1.14. The molecule has 0 saturated heterocycles. The summed E-state index contributed by atoms with van der Waals surface area (Å²) in [7, 11) is -1.68. The highest BCUT2D eigenvalue weighted by Crippen LogP contribution is 1.87. The zero-order chi connectivity index (χ0) is 8.53. The van der Waals surface area contributed by atoms with Gasteiger partial charge < -0.3 is 19.4 Å². The first-order valence-electron chi connectivity index (χ1n) is 3.83. The van der Waals surface area contributed by atoms with Crippen molar-refractivity contribution in [1.29, 1.82) is 0 Å². The highest BCUT2D eigenvalue weighted by molar-refractivity contribution is 6.32. The van der Waals surface area contributed by atoms with Crippen molar-refractivity contribution in [2.45, 2.75) is 19.8 Å². The van der Waals surface area contributed by atoms with E-state index in [9.17, 15) is 0 Å². The molecule has 0 atom stereocenters. The van der Waals surface area contributed by atoms with Crippen LogP contribution in [0.25, 0.3) is 0 Å². The predicted octanol–water partition coefficient (Wildman–Crippen LogP) is -0.211. The Bertz CT molecular complexity index is 79.0.